The van der Waals surface area contributed by atoms with Crippen molar-refractivity contribution in [3.63, 3.8) is 0 Å². The fourth-order valence-corrected chi connectivity index (χ4v) is 10.7. The van der Waals surface area contributed by atoms with Gasteiger partial charge in [-0.15, -0.1) is 0 Å². The zero-order valence-corrected chi connectivity index (χ0v) is 56.1. The number of nitrogens with one attached hydrogen (secondary N) is 4. The Balaban J connectivity index is 4.32. The highest BCUT2D eigenvalue weighted by Gasteiger charge is 2.45. The number of allylic oxidation sites excluding steroid dienone is 2. The van der Waals surface area contributed by atoms with Crippen LogP contribution in [0.5, 0.6) is 0 Å². The van der Waals surface area contributed by atoms with Gasteiger partial charge in [0.1, 0.15) is 60.4 Å². The van der Waals surface area contributed by atoms with Crippen LogP contribution in [0.3, 0.4) is 0 Å². The molecule has 1 fully saturated rings. The molecular formula is C62H111N11O12. The highest BCUT2D eigenvalue weighted by molar-refractivity contribution is 5.99. The van der Waals surface area contributed by atoms with Gasteiger partial charge in [0, 0.05) is 49.3 Å². The van der Waals surface area contributed by atoms with Crippen LogP contribution in [0.15, 0.2) is 12.2 Å². The lowest BCUT2D eigenvalue weighted by Crippen LogP contribution is -2.63. The summed E-state index contributed by atoms with van der Waals surface area (Å²) in [5.41, 5.74) is 0. The van der Waals surface area contributed by atoms with E-state index in [1.54, 1.807) is 54.5 Å². The smallest absolute Gasteiger partial charge is 0.246 e. The number of hydrogen-bond donors (Lipinski definition) is 5. The Labute approximate surface area is 508 Å². The molecule has 23 heteroatoms. The first-order valence-electron chi connectivity index (χ1n) is 30.6. The van der Waals surface area contributed by atoms with Crippen LogP contribution in [-0.4, -0.2) is 227 Å². The van der Waals surface area contributed by atoms with Gasteiger partial charge in [0.25, 0.3) is 0 Å². The molecule has 1 saturated heterocycles. The number of carbonyl (C=O) groups excluding carboxylic acids is 11. The Hall–Kier alpha value is -6.13. The fraction of sp³-hybridized carbons (Fsp3) is 0.790. The summed E-state index contributed by atoms with van der Waals surface area (Å²) >= 11 is 0. The summed E-state index contributed by atoms with van der Waals surface area (Å²) in [6.45, 7) is 29.3. The van der Waals surface area contributed by atoms with Crippen molar-refractivity contribution in [2.45, 2.75) is 223 Å². The lowest BCUT2D eigenvalue weighted by atomic mass is 9.91. The van der Waals surface area contributed by atoms with Crippen molar-refractivity contribution in [2.24, 2.45) is 41.4 Å². The lowest BCUT2D eigenvalue weighted by molar-refractivity contribution is -0.157. The van der Waals surface area contributed by atoms with Crippen molar-refractivity contribution in [1.82, 2.24) is 55.6 Å². The van der Waals surface area contributed by atoms with Gasteiger partial charge in [0.2, 0.25) is 65.0 Å². The molecule has 23 nitrogen and oxygen atoms in total. The minimum Gasteiger partial charge on any atom is -0.390 e. The van der Waals surface area contributed by atoms with Crippen molar-refractivity contribution in [2.75, 3.05) is 55.9 Å². The normalized spacial score (nSPS) is 26.9. The van der Waals surface area contributed by atoms with Gasteiger partial charge in [0.15, 0.2) is 0 Å². The van der Waals surface area contributed by atoms with Crippen LogP contribution >= 0.6 is 0 Å². The van der Waals surface area contributed by atoms with Gasteiger partial charge in [-0.2, -0.15) is 0 Å². The van der Waals surface area contributed by atoms with Crippen LogP contribution in [-0.2, 0) is 52.7 Å². The predicted octanol–water partition coefficient (Wildman–Crippen LogP) is 3.27. The number of amides is 11. The molecule has 0 spiro atoms. The molecule has 1 heterocycles. The second kappa shape index (κ2) is 34.9. The molecule has 1 aliphatic rings. The van der Waals surface area contributed by atoms with Crippen LogP contribution in [0, 0.1) is 41.4 Å². The fourth-order valence-electron chi connectivity index (χ4n) is 10.7. The van der Waals surface area contributed by atoms with Crippen LogP contribution < -0.4 is 21.3 Å². The average Bonchev–Trinajstić information content (AvgIpc) is 3.62. The molecule has 0 aromatic rings. The topological polar surface area (TPSA) is 279 Å². The highest BCUT2D eigenvalue weighted by atomic mass is 16.3. The van der Waals surface area contributed by atoms with Crippen molar-refractivity contribution >= 4 is 65.0 Å². The molecule has 0 bridgehead atoms. The van der Waals surface area contributed by atoms with E-state index < -0.39 is 156 Å². The third-order valence-corrected chi connectivity index (χ3v) is 16.1. The molecule has 0 saturated carbocycles. The maximum absolute atomic E-state index is 15.1. The number of rotatable bonds is 15. The van der Waals surface area contributed by atoms with E-state index in [1.165, 1.54) is 87.7 Å². The quantitative estimate of drug-likeness (QED) is 0.148. The third kappa shape index (κ3) is 21.7. The SMILES string of the molecule is CC=CCC(C)C(O)[C@@H]1C(=O)NC(CC)C(=O)N(C)CC(=O)N(C)C(CC(C)C)C(=O)N[C@H](C(C)C)C(=O)N(C)C(CC(C)C)C(=O)NC(C)C(=O)NC(C)C(=O)N(C)C(CC(C)C)C(=O)N(C)C(CC(C)C)C(=O)N(C)[C@H](C(C)C)C(=O)N1C. The largest absolute Gasteiger partial charge is 0.390 e. The first-order valence-corrected chi connectivity index (χ1v) is 30.6. The number of nitrogens with zero attached hydrogens (tertiary/aromatic N) is 7. The minimum atomic E-state index is -1.61. The summed E-state index contributed by atoms with van der Waals surface area (Å²) in [5, 5.41) is 23.1. The summed E-state index contributed by atoms with van der Waals surface area (Å²) in [5.74, 6) is -9.71. The van der Waals surface area contributed by atoms with Gasteiger partial charge in [0.05, 0.1) is 12.6 Å². The molecule has 5 N–H and O–H groups in total. The summed E-state index contributed by atoms with van der Waals surface area (Å²) in [4.78, 5) is 169. The molecule has 486 valence electrons. The molecule has 0 radical (unpaired) electrons. The molecule has 0 aromatic heterocycles. The second-order valence-corrected chi connectivity index (χ2v) is 26.1. The Morgan fingerprint density at radius 1 is 0.459 bits per heavy atom. The van der Waals surface area contributed by atoms with E-state index in [9.17, 15) is 48.3 Å². The number of likely N-dealkylation sites (N-methyl/N-ethyl adjacent to an activating group) is 7. The number of carbonyl (C=O) groups is 11. The molecule has 1 aliphatic heterocycles. The maximum Gasteiger partial charge on any atom is 0.246 e. The predicted molar refractivity (Wildman–Crippen MR) is 328 cm³/mol. The van der Waals surface area contributed by atoms with Crippen molar-refractivity contribution in [1.29, 1.82) is 0 Å². The van der Waals surface area contributed by atoms with Crippen molar-refractivity contribution in [3.8, 4) is 0 Å². The third-order valence-electron chi connectivity index (χ3n) is 16.1. The van der Waals surface area contributed by atoms with Gasteiger partial charge in [-0.1, -0.05) is 109 Å². The van der Waals surface area contributed by atoms with Gasteiger partial charge >= 0.3 is 0 Å². The molecule has 85 heavy (non-hydrogen) atoms. The van der Waals surface area contributed by atoms with E-state index in [0.29, 0.717) is 6.42 Å². The van der Waals surface area contributed by atoms with Gasteiger partial charge in [-0.25, -0.2) is 0 Å². The van der Waals surface area contributed by atoms with Gasteiger partial charge in [-0.3, -0.25) is 52.7 Å². The van der Waals surface area contributed by atoms with Crippen molar-refractivity contribution < 1.29 is 57.8 Å². The molecule has 1 rings (SSSR count). The first-order chi connectivity index (χ1) is 39.2. The van der Waals surface area contributed by atoms with Crippen molar-refractivity contribution in [3.05, 3.63) is 12.2 Å². The maximum atomic E-state index is 15.1. The van der Waals surface area contributed by atoms with Crippen LogP contribution in [0.1, 0.15) is 156 Å². The molecular weight excluding hydrogens is 1090 g/mol. The Morgan fingerprint density at radius 2 is 0.871 bits per heavy atom. The Bertz CT molecular complexity index is 2330. The van der Waals surface area contributed by atoms with Crippen LogP contribution in [0.4, 0.5) is 0 Å². The Morgan fingerprint density at radius 3 is 1.32 bits per heavy atom. The van der Waals surface area contributed by atoms with Gasteiger partial charge < -0.3 is 60.7 Å². The van der Waals surface area contributed by atoms with Crippen LogP contribution in [0.2, 0.25) is 0 Å². The standard InChI is InChI=1S/C62H111N11O12/c1-25-27-28-40(15)52(75)51-56(79)65-43(26-2)58(81)67(18)33-48(74)68(19)44(29-34(3)4)55(78)66-49(38(11)12)61(84)69(20)45(30-35(5)6)54(77)63-41(16)53(76)64-42(17)57(80)70(21)46(31-36(7)8)59(82)71(22)47(32-37(9)10)60(83)72(23)50(39(13)14)62(85)73(51)24/h25,27,34-47,49-52,75H,26,28-33H2,1-24H3,(H,63,77)(H,64,76)(H,65,79)(H,66,78)/t40?,41?,42?,43?,44?,45?,46?,47?,49-,50-,51-,52?/m1/s1. The monoisotopic (exact) mass is 1200 g/mol. The summed E-state index contributed by atoms with van der Waals surface area (Å²) in [7, 11) is 9.92. The van der Waals surface area contributed by atoms with Gasteiger partial charge in [-0.05, 0) is 101 Å². The molecule has 9 unspecified atom stereocenters. The zero-order valence-electron chi connectivity index (χ0n) is 56.1. The molecule has 12 atom stereocenters. The lowest BCUT2D eigenvalue weighted by Gasteiger charge is -2.41. The number of hydrogen-bond acceptors (Lipinski definition) is 12. The van der Waals surface area contributed by atoms with Crippen LogP contribution in [0.25, 0.3) is 0 Å². The van der Waals surface area contributed by atoms with E-state index in [4.69, 9.17) is 0 Å². The van der Waals surface area contributed by atoms with E-state index >= 15 is 9.59 Å². The molecule has 11 amide bonds. The minimum absolute atomic E-state index is 0.0229. The summed E-state index contributed by atoms with van der Waals surface area (Å²) in [6.07, 6.45) is 3.04. The molecule has 0 aromatic carbocycles. The van der Waals surface area contributed by atoms with E-state index in [2.05, 4.69) is 21.3 Å². The second-order valence-electron chi connectivity index (χ2n) is 26.1. The van der Waals surface area contributed by atoms with E-state index in [-0.39, 0.29) is 55.8 Å². The molecule has 0 aliphatic carbocycles. The average molecular weight is 1200 g/mol. The number of aliphatic hydroxyl groups is 1. The van der Waals surface area contributed by atoms with E-state index in [1.807, 2.05) is 61.5 Å². The Kier molecular flexibility index (Phi) is 31.5. The highest BCUT2D eigenvalue weighted by Crippen LogP contribution is 2.26. The first kappa shape index (κ1) is 76.9. The summed E-state index contributed by atoms with van der Waals surface area (Å²) < 4.78 is 0. The zero-order chi connectivity index (χ0) is 66.0. The summed E-state index contributed by atoms with van der Waals surface area (Å²) in [6, 6.07) is -12.3. The number of aliphatic hydroxyl groups excluding tert-OH is 1. The van der Waals surface area contributed by atoms with E-state index in [0.717, 1.165) is 9.80 Å².